The molecule has 15 heavy (non-hydrogen) atoms. The fraction of sp³-hybridized carbons (Fsp3) is 0.455. The number of hydrogen-bond acceptors (Lipinski definition) is 3. The predicted molar refractivity (Wildman–Crippen MR) is 70.2 cm³/mol. The quantitative estimate of drug-likeness (QED) is 0.872. The van der Waals surface area contributed by atoms with Crippen LogP contribution in [0.4, 0.5) is 0 Å². The van der Waals surface area contributed by atoms with Crippen molar-refractivity contribution in [2.45, 2.75) is 12.8 Å². The molecule has 0 aliphatic rings. The van der Waals surface area contributed by atoms with Gasteiger partial charge in [-0.05, 0) is 59.1 Å². The Morgan fingerprint density at radius 3 is 2.93 bits per heavy atom. The molecular weight excluding hydrogens is 274 g/mol. The maximum atomic E-state index is 5.50. The summed E-state index contributed by atoms with van der Waals surface area (Å²) < 4.78 is 6.32. The third-order valence-corrected chi connectivity index (χ3v) is 3.54. The third kappa shape index (κ3) is 4.93. The Kier molecular flexibility index (Phi) is 6.17. The minimum absolute atomic E-state index is 0.690. The first kappa shape index (κ1) is 12.9. The van der Waals surface area contributed by atoms with Crippen LogP contribution in [0.15, 0.2) is 21.5 Å². The van der Waals surface area contributed by atoms with Crippen molar-refractivity contribution in [3.8, 4) is 0 Å². The normalized spacial score (nSPS) is 12.1. The number of halogens is 1. The molecule has 0 saturated heterocycles. The SMILES string of the molecule is COC/C(=C/c1ccc(Br)s1)CCCN. The molecule has 2 nitrogen and oxygen atoms in total. The molecule has 2 N–H and O–H groups in total. The van der Waals surface area contributed by atoms with Gasteiger partial charge in [0.15, 0.2) is 0 Å². The lowest BCUT2D eigenvalue weighted by molar-refractivity contribution is 0.223. The van der Waals surface area contributed by atoms with Crippen LogP contribution in [0.2, 0.25) is 0 Å². The van der Waals surface area contributed by atoms with Crippen LogP contribution in [0.25, 0.3) is 6.08 Å². The molecule has 1 aromatic heterocycles. The fourth-order valence-corrected chi connectivity index (χ4v) is 2.72. The van der Waals surface area contributed by atoms with E-state index in [-0.39, 0.29) is 0 Å². The molecule has 84 valence electrons. The van der Waals surface area contributed by atoms with Crippen molar-refractivity contribution in [2.24, 2.45) is 5.73 Å². The van der Waals surface area contributed by atoms with Gasteiger partial charge in [-0.25, -0.2) is 0 Å². The number of rotatable bonds is 6. The maximum Gasteiger partial charge on any atom is 0.0704 e. The van der Waals surface area contributed by atoms with E-state index in [1.165, 1.54) is 10.5 Å². The minimum Gasteiger partial charge on any atom is -0.380 e. The largest absolute Gasteiger partial charge is 0.380 e. The molecule has 0 atom stereocenters. The van der Waals surface area contributed by atoms with Gasteiger partial charge >= 0.3 is 0 Å². The Morgan fingerprint density at radius 1 is 1.60 bits per heavy atom. The predicted octanol–water partition coefficient (Wildman–Crippen LogP) is 3.28. The van der Waals surface area contributed by atoms with Gasteiger partial charge < -0.3 is 10.5 Å². The Morgan fingerprint density at radius 2 is 2.40 bits per heavy atom. The molecule has 0 saturated carbocycles. The highest BCUT2D eigenvalue weighted by molar-refractivity contribution is 9.11. The molecule has 0 unspecified atom stereocenters. The number of hydrogen-bond donors (Lipinski definition) is 1. The van der Waals surface area contributed by atoms with E-state index in [0.29, 0.717) is 6.61 Å². The molecule has 4 heteroatoms. The van der Waals surface area contributed by atoms with Crippen molar-refractivity contribution < 1.29 is 4.74 Å². The van der Waals surface area contributed by atoms with Crippen LogP contribution in [0.1, 0.15) is 17.7 Å². The first-order valence-electron chi connectivity index (χ1n) is 4.90. The molecular formula is C11H16BrNOS. The molecule has 0 aliphatic heterocycles. The summed E-state index contributed by atoms with van der Waals surface area (Å²) in [5.74, 6) is 0. The summed E-state index contributed by atoms with van der Waals surface area (Å²) in [6.45, 7) is 1.42. The molecule has 0 spiro atoms. The van der Waals surface area contributed by atoms with Crippen molar-refractivity contribution in [3.63, 3.8) is 0 Å². The summed E-state index contributed by atoms with van der Waals surface area (Å²) in [6.07, 6.45) is 4.22. The molecule has 0 amide bonds. The smallest absolute Gasteiger partial charge is 0.0704 e. The number of ether oxygens (including phenoxy) is 1. The van der Waals surface area contributed by atoms with Gasteiger partial charge in [0.1, 0.15) is 0 Å². The van der Waals surface area contributed by atoms with Crippen molar-refractivity contribution in [1.82, 2.24) is 0 Å². The van der Waals surface area contributed by atoms with E-state index in [0.717, 1.165) is 23.2 Å². The van der Waals surface area contributed by atoms with Crippen LogP contribution < -0.4 is 5.73 Å². The highest BCUT2D eigenvalue weighted by atomic mass is 79.9. The second-order valence-corrected chi connectivity index (χ2v) is 5.76. The summed E-state index contributed by atoms with van der Waals surface area (Å²) in [6, 6.07) is 4.16. The number of methoxy groups -OCH3 is 1. The summed E-state index contributed by atoms with van der Waals surface area (Å²) >= 11 is 5.18. The van der Waals surface area contributed by atoms with E-state index in [9.17, 15) is 0 Å². The van der Waals surface area contributed by atoms with E-state index < -0.39 is 0 Å². The Bertz CT molecular complexity index is 322. The lowest BCUT2D eigenvalue weighted by Crippen LogP contribution is -2.01. The third-order valence-electron chi connectivity index (χ3n) is 1.97. The molecule has 1 aromatic rings. The first-order valence-corrected chi connectivity index (χ1v) is 6.51. The zero-order valence-corrected chi connectivity index (χ0v) is 11.2. The lowest BCUT2D eigenvalue weighted by atomic mass is 10.1. The van der Waals surface area contributed by atoms with E-state index in [1.54, 1.807) is 18.4 Å². The summed E-state index contributed by atoms with van der Waals surface area (Å²) in [5, 5.41) is 0. The van der Waals surface area contributed by atoms with Gasteiger partial charge in [0.05, 0.1) is 10.4 Å². The van der Waals surface area contributed by atoms with Crippen LogP contribution in [0, 0.1) is 0 Å². The number of thiophene rings is 1. The van der Waals surface area contributed by atoms with Gasteiger partial charge in [-0.2, -0.15) is 0 Å². The molecule has 0 aromatic carbocycles. The zero-order valence-electron chi connectivity index (χ0n) is 8.83. The van der Waals surface area contributed by atoms with Gasteiger partial charge in [0, 0.05) is 12.0 Å². The van der Waals surface area contributed by atoms with Crippen LogP contribution in [-0.2, 0) is 4.74 Å². The number of nitrogens with two attached hydrogens (primary N) is 1. The lowest BCUT2D eigenvalue weighted by Gasteiger charge is -2.04. The van der Waals surface area contributed by atoms with Crippen LogP contribution >= 0.6 is 27.3 Å². The highest BCUT2D eigenvalue weighted by Crippen LogP contribution is 2.24. The van der Waals surface area contributed by atoms with Gasteiger partial charge in [-0.15, -0.1) is 11.3 Å². The second-order valence-electron chi connectivity index (χ2n) is 3.27. The Balaban J connectivity index is 2.64. The molecule has 0 aliphatic carbocycles. The van der Waals surface area contributed by atoms with E-state index in [2.05, 4.69) is 34.1 Å². The van der Waals surface area contributed by atoms with Gasteiger partial charge in [-0.1, -0.05) is 0 Å². The van der Waals surface area contributed by atoms with E-state index in [1.807, 2.05) is 0 Å². The van der Waals surface area contributed by atoms with Gasteiger partial charge in [0.25, 0.3) is 0 Å². The summed E-state index contributed by atoms with van der Waals surface area (Å²) in [4.78, 5) is 1.26. The second kappa shape index (κ2) is 7.17. The minimum atomic E-state index is 0.690. The van der Waals surface area contributed by atoms with Crippen LogP contribution in [0.5, 0.6) is 0 Å². The summed E-state index contributed by atoms with van der Waals surface area (Å²) in [5.41, 5.74) is 6.80. The van der Waals surface area contributed by atoms with Crippen molar-refractivity contribution in [3.05, 3.63) is 26.4 Å². The Labute approximate surface area is 103 Å². The topological polar surface area (TPSA) is 35.2 Å². The van der Waals surface area contributed by atoms with Crippen molar-refractivity contribution in [2.75, 3.05) is 20.3 Å². The molecule has 0 radical (unpaired) electrons. The first-order chi connectivity index (χ1) is 7.26. The zero-order chi connectivity index (χ0) is 11.1. The Hall–Kier alpha value is -0.160. The van der Waals surface area contributed by atoms with Crippen molar-refractivity contribution in [1.29, 1.82) is 0 Å². The average Bonchev–Trinajstić information content (AvgIpc) is 2.61. The maximum absolute atomic E-state index is 5.50. The monoisotopic (exact) mass is 289 g/mol. The molecule has 0 fully saturated rings. The van der Waals surface area contributed by atoms with E-state index >= 15 is 0 Å². The van der Waals surface area contributed by atoms with Crippen molar-refractivity contribution >= 4 is 33.3 Å². The molecule has 1 rings (SSSR count). The van der Waals surface area contributed by atoms with E-state index in [4.69, 9.17) is 10.5 Å². The standard InChI is InChI=1S/C11H16BrNOS/c1-14-8-9(3-2-6-13)7-10-4-5-11(12)15-10/h4-5,7H,2-3,6,8,13H2,1H3/b9-7+. The average molecular weight is 290 g/mol. The highest BCUT2D eigenvalue weighted by Gasteiger charge is 1.99. The summed E-state index contributed by atoms with van der Waals surface area (Å²) in [7, 11) is 1.72. The molecule has 1 heterocycles. The van der Waals surface area contributed by atoms with Gasteiger partial charge in [0.2, 0.25) is 0 Å². The van der Waals surface area contributed by atoms with Crippen LogP contribution in [0.3, 0.4) is 0 Å². The van der Waals surface area contributed by atoms with Crippen LogP contribution in [-0.4, -0.2) is 20.3 Å². The molecule has 0 bridgehead atoms. The fourth-order valence-electron chi connectivity index (χ4n) is 1.31. The van der Waals surface area contributed by atoms with Gasteiger partial charge in [-0.3, -0.25) is 0 Å².